The van der Waals surface area contributed by atoms with Gasteiger partial charge in [-0.3, -0.25) is 14.5 Å². The predicted octanol–water partition coefficient (Wildman–Crippen LogP) is 2.88. The number of aryl methyl sites for hydroxylation is 2. The summed E-state index contributed by atoms with van der Waals surface area (Å²) in [5, 5.41) is 3.23. The molecule has 1 fully saturated rings. The van der Waals surface area contributed by atoms with Crippen LogP contribution in [0, 0.1) is 6.92 Å². The minimum absolute atomic E-state index is 0.0800. The highest BCUT2D eigenvalue weighted by Crippen LogP contribution is 2.29. The molecule has 1 atom stereocenters. The second-order valence-electron chi connectivity index (χ2n) is 8.47. The van der Waals surface area contributed by atoms with E-state index in [2.05, 4.69) is 34.5 Å². The first kappa shape index (κ1) is 20.6. The lowest BCUT2D eigenvalue weighted by Gasteiger charge is -2.35. The third-order valence-electron chi connectivity index (χ3n) is 6.40. The number of nitrogens with one attached hydrogen (secondary N) is 1. The maximum atomic E-state index is 12.7. The van der Waals surface area contributed by atoms with Crippen molar-refractivity contribution in [3.05, 3.63) is 70.8 Å². The van der Waals surface area contributed by atoms with Gasteiger partial charge < -0.3 is 10.2 Å². The van der Waals surface area contributed by atoms with Crippen LogP contribution in [0.5, 0.6) is 0 Å². The van der Waals surface area contributed by atoms with Crippen LogP contribution in [-0.4, -0.2) is 54.3 Å². The molecule has 1 saturated heterocycles. The van der Waals surface area contributed by atoms with Crippen molar-refractivity contribution in [3.63, 3.8) is 0 Å². The molecule has 1 N–H and O–H groups in total. The Bertz CT molecular complexity index is 903. The summed E-state index contributed by atoms with van der Waals surface area (Å²) in [6, 6.07) is 16.6. The van der Waals surface area contributed by atoms with E-state index in [1.807, 2.05) is 36.1 Å². The maximum absolute atomic E-state index is 12.7. The summed E-state index contributed by atoms with van der Waals surface area (Å²) in [4.78, 5) is 29.4. The molecule has 1 unspecified atom stereocenters. The molecule has 1 aliphatic carbocycles. The van der Waals surface area contributed by atoms with Gasteiger partial charge >= 0.3 is 0 Å². The van der Waals surface area contributed by atoms with Crippen molar-refractivity contribution < 1.29 is 9.59 Å². The Balaban J connectivity index is 1.24. The Hall–Kier alpha value is -2.66. The molecule has 2 aliphatic rings. The van der Waals surface area contributed by atoms with Crippen molar-refractivity contribution in [2.75, 3.05) is 32.7 Å². The van der Waals surface area contributed by atoms with Crippen LogP contribution in [-0.2, 0) is 22.4 Å². The summed E-state index contributed by atoms with van der Waals surface area (Å²) in [6.45, 7) is 5.30. The molecule has 2 aromatic rings. The third-order valence-corrected chi connectivity index (χ3v) is 6.40. The van der Waals surface area contributed by atoms with Crippen LogP contribution in [0.1, 0.15) is 41.1 Å². The van der Waals surface area contributed by atoms with Crippen LogP contribution in [0.15, 0.2) is 48.5 Å². The van der Waals surface area contributed by atoms with Crippen LogP contribution in [0.4, 0.5) is 0 Å². The van der Waals surface area contributed by atoms with Crippen molar-refractivity contribution in [3.8, 4) is 0 Å². The van der Waals surface area contributed by atoms with E-state index in [1.165, 1.54) is 11.1 Å². The van der Waals surface area contributed by atoms with Gasteiger partial charge in [-0.1, -0.05) is 48.5 Å². The van der Waals surface area contributed by atoms with Gasteiger partial charge in [0.2, 0.25) is 11.8 Å². The minimum Gasteiger partial charge on any atom is -0.348 e. The Kier molecular flexibility index (Phi) is 6.48. The van der Waals surface area contributed by atoms with E-state index < -0.39 is 0 Å². The number of carbonyl (C=O) groups is 2. The number of benzene rings is 2. The Morgan fingerprint density at radius 3 is 2.53 bits per heavy atom. The summed E-state index contributed by atoms with van der Waals surface area (Å²) in [7, 11) is 0. The number of piperazine rings is 1. The van der Waals surface area contributed by atoms with Crippen molar-refractivity contribution >= 4 is 11.8 Å². The van der Waals surface area contributed by atoms with Gasteiger partial charge in [0.05, 0.1) is 19.0 Å². The van der Waals surface area contributed by atoms with Gasteiger partial charge in [0.1, 0.15) is 0 Å². The third kappa shape index (κ3) is 4.90. The molecule has 5 nitrogen and oxygen atoms in total. The van der Waals surface area contributed by atoms with E-state index in [4.69, 9.17) is 0 Å². The standard InChI is InChI=1S/C25H31N3O2/c1-19-7-2-3-9-21(19)17-25(30)28-15-13-27(14-16-28)18-24(29)26-23-12-6-10-20-8-4-5-11-22(20)23/h2-5,7-9,11,23H,6,10,12-18H2,1H3,(H,26,29). The molecule has 2 aromatic carbocycles. The largest absolute Gasteiger partial charge is 0.348 e. The lowest BCUT2D eigenvalue weighted by molar-refractivity contribution is -0.132. The fourth-order valence-electron chi connectivity index (χ4n) is 4.59. The number of carbonyl (C=O) groups excluding carboxylic acids is 2. The zero-order valence-electron chi connectivity index (χ0n) is 17.8. The molecule has 2 amide bonds. The second kappa shape index (κ2) is 9.43. The summed E-state index contributed by atoms with van der Waals surface area (Å²) < 4.78 is 0. The molecule has 1 heterocycles. The quantitative estimate of drug-likeness (QED) is 0.832. The zero-order chi connectivity index (χ0) is 20.9. The second-order valence-corrected chi connectivity index (χ2v) is 8.47. The fraction of sp³-hybridized carbons (Fsp3) is 0.440. The first-order chi connectivity index (χ1) is 14.6. The van der Waals surface area contributed by atoms with E-state index in [0.29, 0.717) is 26.1 Å². The Labute approximate surface area is 179 Å². The summed E-state index contributed by atoms with van der Waals surface area (Å²) in [6.07, 6.45) is 3.67. The van der Waals surface area contributed by atoms with Gasteiger partial charge in [-0.15, -0.1) is 0 Å². The molecule has 0 saturated carbocycles. The Morgan fingerprint density at radius 2 is 1.73 bits per heavy atom. The molecular weight excluding hydrogens is 374 g/mol. The van der Waals surface area contributed by atoms with Crippen molar-refractivity contribution in [2.24, 2.45) is 0 Å². The van der Waals surface area contributed by atoms with Crippen LogP contribution in [0.3, 0.4) is 0 Å². The first-order valence-electron chi connectivity index (χ1n) is 11.0. The highest BCUT2D eigenvalue weighted by Gasteiger charge is 2.25. The van der Waals surface area contributed by atoms with E-state index in [1.54, 1.807) is 0 Å². The van der Waals surface area contributed by atoms with Gasteiger partial charge in [0.15, 0.2) is 0 Å². The number of hydrogen-bond donors (Lipinski definition) is 1. The summed E-state index contributed by atoms with van der Waals surface area (Å²) in [5.41, 5.74) is 4.88. The molecular formula is C25H31N3O2. The monoisotopic (exact) mass is 405 g/mol. The van der Waals surface area contributed by atoms with Crippen LogP contribution >= 0.6 is 0 Å². The molecule has 5 heteroatoms. The molecule has 1 aliphatic heterocycles. The summed E-state index contributed by atoms with van der Waals surface area (Å²) in [5.74, 6) is 0.253. The van der Waals surface area contributed by atoms with Crippen LogP contribution in [0.25, 0.3) is 0 Å². The van der Waals surface area contributed by atoms with Crippen molar-refractivity contribution in [1.82, 2.24) is 15.1 Å². The van der Waals surface area contributed by atoms with E-state index in [0.717, 1.165) is 43.5 Å². The highest BCUT2D eigenvalue weighted by molar-refractivity contribution is 5.80. The van der Waals surface area contributed by atoms with Gasteiger partial charge in [0.25, 0.3) is 0 Å². The molecule has 0 radical (unpaired) electrons. The number of rotatable bonds is 5. The van der Waals surface area contributed by atoms with Crippen LogP contribution < -0.4 is 5.32 Å². The Morgan fingerprint density at radius 1 is 1.00 bits per heavy atom. The van der Waals surface area contributed by atoms with Gasteiger partial charge in [0, 0.05) is 26.2 Å². The normalized spacial score (nSPS) is 19.2. The SMILES string of the molecule is Cc1ccccc1CC(=O)N1CCN(CC(=O)NC2CCCc3ccccc32)CC1. The molecule has 4 rings (SSSR count). The van der Waals surface area contributed by atoms with Crippen LogP contribution in [0.2, 0.25) is 0 Å². The van der Waals surface area contributed by atoms with Crippen molar-refractivity contribution in [2.45, 2.75) is 38.6 Å². The predicted molar refractivity (Wildman–Crippen MR) is 118 cm³/mol. The maximum Gasteiger partial charge on any atom is 0.234 e. The number of amides is 2. The lowest BCUT2D eigenvalue weighted by Crippen LogP contribution is -2.51. The van der Waals surface area contributed by atoms with E-state index in [-0.39, 0.29) is 17.9 Å². The fourth-order valence-corrected chi connectivity index (χ4v) is 4.59. The molecule has 0 spiro atoms. The highest BCUT2D eigenvalue weighted by atomic mass is 16.2. The van der Waals surface area contributed by atoms with Gasteiger partial charge in [-0.05, 0) is 48.4 Å². The number of fused-ring (bicyclic) bond motifs is 1. The van der Waals surface area contributed by atoms with Crippen molar-refractivity contribution in [1.29, 1.82) is 0 Å². The topological polar surface area (TPSA) is 52.7 Å². The first-order valence-corrected chi connectivity index (χ1v) is 11.0. The average Bonchev–Trinajstić information content (AvgIpc) is 2.76. The summed E-state index contributed by atoms with van der Waals surface area (Å²) >= 11 is 0. The molecule has 0 aromatic heterocycles. The molecule has 0 bridgehead atoms. The molecule has 30 heavy (non-hydrogen) atoms. The smallest absolute Gasteiger partial charge is 0.234 e. The zero-order valence-corrected chi connectivity index (χ0v) is 17.8. The number of nitrogens with zero attached hydrogens (tertiary/aromatic N) is 2. The van der Waals surface area contributed by atoms with Gasteiger partial charge in [-0.2, -0.15) is 0 Å². The molecule has 158 valence electrons. The van der Waals surface area contributed by atoms with E-state index in [9.17, 15) is 9.59 Å². The average molecular weight is 406 g/mol. The van der Waals surface area contributed by atoms with Gasteiger partial charge in [-0.25, -0.2) is 0 Å². The van der Waals surface area contributed by atoms with E-state index >= 15 is 0 Å². The minimum atomic E-state index is 0.0800. The number of hydrogen-bond acceptors (Lipinski definition) is 3. The lowest BCUT2D eigenvalue weighted by atomic mass is 9.88.